The first kappa shape index (κ1) is 12.2. The lowest BCUT2D eigenvalue weighted by atomic mass is 10.00. The lowest BCUT2D eigenvalue weighted by Gasteiger charge is -2.22. The average molecular weight is 272 g/mol. The third-order valence-electron chi connectivity index (χ3n) is 5.20. The summed E-state index contributed by atoms with van der Waals surface area (Å²) in [4.78, 5) is 14.6. The molecule has 0 bridgehead atoms. The molecule has 2 aliphatic heterocycles. The summed E-state index contributed by atoms with van der Waals surface area (Å²) in [6, 6.07) is 8.01. The minimum absolute atomic E-state index is 0.122. The highest BCUT2D eigenvalue weighted by Gasteiger charge is 2.44. The summed E-state index contributed by atoms with van der Waals surface area (Å²) in [5.74, 6) is 1.02. The predicted molar refractivity (Wildman–Crippen MR) is 76.4 cm³/mol. The van der Waals surface area contributed by atoms with Crippen molar-refractivity contribution in [2.75, 3.05) is 18.4 Å². The van der Waals surface area contributed by atoms with E-state index in [1.165, 1.54) is 5.56 Å². The smallest absolute Gasteiger partial charge is 0.245 e. The topological polar surface area (TPSA) is 52.6 Å². The number of carbonyl (C=O) groups excluding carboxylic acids is 1. The maximum Gasteiger partial charge on any atom is 0.245 e. The highest BCUT2D eigenvalue weighted by atomic mass is 16.3. The minimum atomic E-state index is -0.202. The summed E-state index contributed by atoms with van der Waals surface area (Å²) in [6.45, 7) is 1.56. The SMILES string of the molecule is O=C(C1Cc2ccccc2N1)N1CC2CCC(O)C2C1. The highest BCUT2D eigenvalue weighted by Crippen LogP contribution is 2.38. The first-order valence-electron chi connectivity index (χ1n) is 7.53. The monoisotopic (exact) mass is 272 g/mol. The first-order valence-corrected chi connectivity index (χ1v) is 7.53. The van der Waals surface area contributed by atoms with E-state index in [-0.39, 0.29) is 18.1 Å². The van der Waals surface area contributed by atoms with E-state index < -0.39 is 0 Å². The number of nitrogens with one attached hydrogen (secondary N) is 1. The molecule has 0 aromatic heterocycles. The Hall–Kier alpha value is -1.55. The molecule has 2 N–H and O–H groups in total. The number of benzene rings is 1. The van der Waals surface area contributed by atoms with Gasteiger partial charge in [-0.05, 0) is 30.4 Å². The first-order chi connectivity index (χ1) is 9.72. The largest absolute Gasteiger partial charge is 0.393 e. The molecule has 1 aliphatic carbocycles. The van der Waals surface area contributed by atoms with Crippen LogP contribution < -0.4 is 5.32 Å². The highest BCUT2D eigenvalue weighted by molar-refractivity contribution is 5.87. The number of amides is 1. The molecule has 3 aliphatic rings. The maximum absolute atomic E-state index is 12.6. The summed E-state index contributed by atoms with van der Waals surface area (Å²) < 4.78 is 0. The maximum atomic E-state index is 12.6. The second kappa shape index (κ2) is 4.48. The van der Waals surface area contributed by atoms with Crippen molar-refractivity contribution in [3.63, 3.8) is 0 Å². The molecule has 4 heteroatoms. The molecule has 20 heavy (non-hydrogen) atoms. The Morgan fingerprint density at radius 3 is 2.90 bits per heavy atom. The summed E-state index contributed by atoms with van der Waals surface area (Å²) >= 11 is 0. The van der Waals surface area contributed by atoms with Crippen LogP contribution in [0, 0.1) is 11.8 Å². The van der Waals surface area contributed by atoms with Crippen molar-refractivity contribution in [2.24, 2.45) is 11.8 Å². The van der Waals surface area contributed by atoms with Gasteiger partial charge in [-0.2, -0.15) is 0 Å². The van der Waals surface area contributed by atoms with Crippen LogP contribution in [0.5, 0.6) is 0 Å². The van der Waals surface area contributed by atoms with Crippen LogP contribution in [0.4, 0.5) is 5.69 Å². The standard InChI is InChI=1S/C16H20N2O2/c19-15-6-5-11-8-18(9-12(11)15)16(20)14-7-10-3-1-2-4-13(10)17-14/h1-4,11-12,14-15,17,19H,5-9H2. The molecule has 1 aromatic carbocycles. The fraction of sp³-hybridized carbons (Fsp3) is 0.562. The van der Waals surface area contributed by atoms with Crippen LogP contribution in [-0.4, -0.2) is 41.1 Å². The van der Waals surface area contributed by atoms with Crippen LogP contribution in [-0.2, 0) is 11.2 Å². The predicted octanol–water partition coefficient (Wildman–Crippen LogP) is 1.25. The second-order valence-corrected chi connectivity index (χ2v) is 6.37. The van der Waals surface area contributed by atoms with Crippen LogP contribution in [0.25, 0.3) is 0 Å². The van der Waals surface area contributed by atoms with Crippen molar-refractivity contribution in [1.29, 1.82) is 0 Å². The van der Waals surface area contributed by atoms with Gasteiger partial charge in [0.2, 0.25) is 5.91 Å². The summed E-state index contributed by atoms with van der Waals surface area (Å²) in [5.41, 5.74) is 2.32. The Morgan fingerprint density at radius 1 is 1.25 bits per heavy atom. The van der Waals surface area contributed by atoms with Gasteiger partial charge in [0.25, 0.3) is 0 Å². The molecule has 4 rings (SSSR count). The van der Waals surface area contributed by atoms with Crippen molar-refractivity contribution in [3.05, 3.63) is 29.8 Å². The second-order valence-electron chi connectivity index (χ2n) is 6.37. The van der Waals surface area contributed by atoms with Crippen LogP contribution in [0.3, 0.4) is 0 Å². The molecule has 0 spiro atoms. The number of hydrogen-bond acceptors (Lipinski definition) is 3. The molecular formula is C16H20N2O2. The third-order valence-corrected chi connectivity index (χ3v) is 5.20. The molecule has 2 fully saturated rings. The Kier molecular flexibility index (Phi) is 2.74. The van der Waals surface area contributed by atoms with E-state index in [2.05, 4.69) is 11.4 Å². The van der Waals surface area contributed by atoms with Crippen LogP contribution in [0.15, 0.2) is 24.3 Å². The fourth-order valence-corrected chi connectivity index (χ4v) is 4.08. The summed E-state index contributed by atoms with van der Waals surface area (Å²) in [6.07, 6.45) is 2.55. The van der Waals surface area contributed by atoms with Crippen LogP contribution >= 0.6 is 0 Å². The zero-order chi connectivity index (χ0) is 13.7. The van der Waals surface area contributed by atoms with E-state index in [0.29, 0.717) is 11.8 Å². The number of aliphatic hydroxyl groups excluding tert-OH is 1. The average Bonchev–Trinajstić information content (AvgIpc) is 3.13. The Labute approximate surface area is 118 Å². The summed E-state index contributed by atoms with van der Waals surface area (Å²) in [5, 5.41) is 13.3. The van der Waals surface area contributed by atoms with Gasteiger partial charge < -0.3 is 15.3 Å². The van der Waals surface area contributed by atoms with Crippen LogP contribution in [0.1, 0.15) is 18.4 Å². The lowest BCUT2D eigenvalue weighted by molar-refractivity contribution is -0.131. The van der Waals surface area contributed by atoms with Gasteiger partial charge in [0.05, 0.1) is 6.10 Å². The molecule has 106 valence electrons. The van der Waals surface area contributed by atoms with E-state index in [1.807, 2.05) is 23.1 Å². The lowest BCUT2D eigenvalue weighted by Crippen LogP contribution is -2.41. The van der Waals surface area contributed by atoms with Crippen molar-refractivity contribution in [3.8, 4) is 0 Å². The van der Waals surface area contributed by atoms with Crippen molar-refractivity contribution >= 4 is 11.6 Å². The molecular weight excluding hydrogens is 252 g/mol. The zero-order valence-electron chi connectivity index (χ0n) is 11.5. The number of hydrogen-bond donors (Lipinski definition) is 2. The molecule has 1 aromatic rings. The van der Waals surface area contributed by atoms with Gasteiger partial charge in [-0.3, -0.25) is 4.79 Å². The molecule has 4 unspecified atom stereocenters. The van der Waals surface area contributed by atoms with Crippen molar-refractivity contribution < 1.29 is 9.90 Å². The number of fused-ring (bicyclic) bond motifs is 2. The Balaban J connectivity index is 1.45. The van der Waals surface area contributed by atoms with E-state index in [4.69, 9.17) is 0 Å². The quantitative estimate of drug-likeness (QED) is 0.809. The molecule has 0 radical (unpaired) electrons. The molecule has 1 amide bonds. The zero-order valence-corrected chi connectivity index (χ0v) is 11.5. The molecule has 2 heterocycles. The van der Waals surface area contributed by atoms with Gasteiger partial charge in [-0.1, -0.05) is 18.2 Å². The Morgan fingerprint density at radius 2 is 2.10 bits per heavy atom. The molecule has 4 atom stereocenters. The number of carbonyl (C=O) groups is 1. The van der Waals surface area contributed by atoms with E-state index >= 15 is 0 Å². The van der Waals surface area contributed by atoms with Gasteiger partial charge >= 0.3 is 0 Å². The molecule has 1 saturated heterocycles. The number of nitrogens with zero attached hydrogens (tertiary/aromatic N) is 1. The molecule has 4 nitrogen and oxygen atoms in total. The number of rotatable bonds is 1. The Bertz CT molecular complexity index is 520. The fourth-order valence-electron chi connectivity index (χ4n) is 4.08. The number of aliphatic hydroxyl groups is 1. The van der Waals surface area contributed by atoms with Gasteiger partial charge in [0.1, 0.15) is 6.04 Å². The van der Waals surface area contributed by atoms with Crippen molar-refractivity contribution in [2.45, 2.75) is 31.4 Å². The minimum Gasteiger partial charge on any atom is -0.393 e. The van der Waals surface area contributed by atoms with Gasteiger partial charge in [0.15, 0.2) is 0 Å². The van der Waals surface area contributed by atoms with Crippen molar-refractivity contribution in [1.82, 2.24) is 4.90 Å². The van der Waals surface area contributed by atoms with Gasteiger partial charge in [0, 0.05) is 31.1 Å². The van der Waals surface area contributed by atoms with E-state index in [0.717, 1.165) is 38.0 Å². The number of para-hydroxylation sites is 1. The van der Waals surface area contributed by atoms with Gasteiger partial charge in [-0.15, -0.1) is 0 Å². The number of likely N-dealkylation sites (tertiary alicyclic amines) is 1. The third kappa shape index (κ3) is 1.82. The summed E-state index contributed by atoms with van der Waals surface area (Å²) in [7, 11) is 0. The van der Waals surface area contributed by atoms with Gasteiger partial charge in [-0.25, -0.2) is 0 Å². The normalized spacial score (nSPS) is 34.8. The van der Waals surface area contributed by atoms with E-state index in [1.54, 1.807) is 0 Å². The van der Waals surface area contributed by atoms with E-state index in [9.17, 15) is 9.90 Å². The number of anilines is 1. The molecule has 1 saturated carbocycles. The van der Waals surface area contributed by atoms with Crippen LogP contribution in [0.2, 0.25) is 0 Å².